The van der Waals surface area contributed by atoms with Gasteiger partial charge in [0.1, 0.15) is 18.0 Å². The maximum absolute atomic E-state index is 15.2. The van der Waals surface area contributed by atoms with Crippen molar-refractivity contribution in [2.45, 2.75) is 37.6 Å². The summed E-state index contributed by atoms with van der Waals surface area (Å²) in [7, 11) is 5.44. The molecule has 39 heavy (non-hydrogen) atoms. The van der Waals surface area contributed by atoms with Crippen molar-refractivity contribution in [1.82, 2.24) is 20.1 Å². The number of likely N-dealkylation sites (N-methyl/N-ethyl adjacent to an activating group) is 1. The minimum absolute atomic E-state index is 0.0000406. The van der Waals surface area contributed by atoms with Crippen LogP contribution in [0.15, 0.2) is 45.6 Å². The molecule has 10 nitrogen and oxygen atoms in total. The van der Waals surface area contributed by atoms with Crippen LogP contribution in [0.1, 0.15) is 12.0 Å². The molecule has 3 unspecified atom stereocenters. The fourth-order valence-corrected chi connectivity index (χ4v) is 4.48. The van der Waals surface area contributed by atoms with Gasteiger partial charge in [-0.25, -0.2) is 9.18 Å². The summed E-state index contributed by atoms with van der Waals surface area (Å²) in [5.41, 5.74) is 2.74. The van der Waals surface area contributed by atoms with Gasteiger partial charge in [-0.05, 0) is 62.0 Å². The third kappa shape index (κ3) is 7.10. The van der Waals surface area contributed by atoms with Crippen molar-refractivity contribution in [3.8, 4) is 17.2 Å². The van der Waals surface area contributed by atoms with Crippen LogP contribution in [0.2, 0.25) is 0 Å². The molecule has 208 valence electrons. The maximum Gasteiger partial charge on any atom is 0.419 e. The molecule has 11 heteroatoms. The Bertz CT molecular complexity index is 1400. The van der Waals surface area contributed by atoms with Gasteiger partial charge >= 0.3 is 5.76 Å². The number of methoxy groups -OCH3 is 1. The summed E-state index contributed by atoms with van der Waals surface area (Å²) in [4.78, 5) is 27.0. The molecule has 1 amide bonds. The Morgan fingerprint density at radius 1 is 1.31 bits per heavy atom. The van der Waals surface area contributed by atoms with Crippen LogP contribution < -0.4 is 16.4 Å². The maximum atomic E-state index is 15.2. The molecule has 1 aliphatic rings. The summed E-state index contributed by atoms with van der Waals surface area (Å²) in [6.45, 7) is 2.40. The van der Waals surface area contributed by atoms with E-state index in [4.69, 9.17) is 13.9 Å². The lowest BCUT2D eigenvalue weighted by Gasteiger charge is -2.25. The molecule has 4 rings (SSSR count). The van der Waals surface area contributed by atoms with E-state index >= 15 is 4.39 Å². The van der Waals surface area contributed by atoms with Crippen LogP contribution in [0.4, 0.5) is 4.39 Å². The zero-order valence-corrected chi connectivity index (χ0v) is 22.4. The highest BCUT2D eigenvalue weighted by atomic mass is 19.1. The molecule has 2 aromatic carbocycles. The number of ether oxygens (including phenoxy) is 2. The van der Waals surface area contributed by atoms with Gasteiger partial charge in [-0.1, -0.05) is 18.2 Å². The average Bonchev–Trinajstić information content (AvgIpc) is 3.22. The summed E-state index contributed by atoms with van der Waals surface area (Å²) < 4.78 is 33.1. The van der Waals surface area contributed by atoms with E-state index in [-0.39, 0.29) is 19.1 Å². The number of rotatable bonds is 9. The highest BCUT2D eigenvalue weighted by Crippen LogP contribution is 2.26. The van der Waals surface area contributed by atoms with Crippen LogP contribution in [0.3, 0.4) is 0 Å². The van der Waals surface area contributed by atoms with Crippen molar-refractivity contribution in [2.24, 2.45) is 0 Å². The lowest BCUT2D eigenvalue weighted by molar-refractivity contribution is -0.136. The number of carbonyl (C=O) groups is 1. The molecule has 0 radical (unpaired) electrons. The molecule has 3 aromatic rings. The van der Waals surface area contributed by atoms with E-state index in [1.54, 1.807) is 42.0 Å². The number of carbonyl (C=O) groups excluding carboxylic acids is 1. The monoisotopic (exact) mass is 539 g/mol. The lowest BCUT2D eigenvalue weighted by atomic mass is 10.00. The number of oxazole rings is 1. The zero-order chi connectivity index (χ0) is 27.9. The summed E-state index contributed by atoms with van der Waals surface area (Å²) in [5, 5.41) is 15.5. The van der Waals surface area contributed by atoms with E-state index in [0.717, 1.165) is 12.0 Å². The molecular formula is C28H34FN5O5. The fraction of sp³-hybridized carbons (Fsp3) is 0.464. The highest BCUT2D eigenvalue weighted by Gasteiger charge is 2.25. The molecule has 1 fully saturated rings. The third-order valence-electron chi connectivity index (χ3n) is 6.80. The minimum atomic E-state index is -0.932. The number of amides is 1. The average molecular weight is 540 g/mol. The van der Waals surface area contributed by atoms with Crippen molar-refractivity contribution < 1.29 is 23.1 Å². The van der Waals surface area contributed by atoms with Gasteiger partial charge in [0.15, 0.2) is 5.58 Å². The van der Waals surface area contributed by atoms with Crippen LogP contribution in [-0.4, -0.2) is 81.1 Å². The Balaban J connectivity index is 1.46. The molecule has 0 spiro atoms. The second-order valence-corrected chi connectivity index (χ2v) is 9.88. The van der Waals surface area contributed by atoms with E-state index in [9.17, 15) is 14.9 Å². The highest BCUT2D eigenvalue weighted by molar-refractivity contribution is 5.82. The Hall–Kier alpha value is -3.56. The fourth-order valence-electron chi connectivity index (χ4n) is 4.48. The Morgan fingerprint density at radius 2 is 2.08 bits per heavy atom. The zero-order valence-electron chi connectivity index (χ0n) is 22.4. The molecule has 0 aliphatic carbocycles. The van der Waals surface area contributed by atoms with Gasteiger partial charge in [0.25, 0.3) is 5.91 Å². The van der Waals surface area contributed by atoms with Gasteiger partial charge in [-0.2, -0.15) is 5.26 Å². The molecule has 0 bridgehead atoms. The van der Waals surface area contributed by atoms with Crippen LogP contribution in [0, 0.1) is 17.1 Å². The first-order valence-electron chi connectivity index (χ1n) is 12.9. The number of hydrogen-bond acceptors (Lipinski definition) is 8. The first-order chi connectivity index (χ1) is 18.8. The van der Waals surface area contributed by atoms with Gasteiger partial charge in [-0.15, -0.1) is 0 Å². The Morgan fingerprint density at radius 3 is 2.79 bits per heavy atom. The van der Waals surface area contributed by atoms with Gasteiger partial charge in [0.05, 0.1) is 24.3 Å². The number of hydrogen-bond donors (Lipinski definition) is 2. The molecular weight excluding hydrogens is 505 g/mol. The molecule has 3 atom stereocenters. The van der Waals surface area contributed by atoms with Crippen molar-refractivity contribution in [1.29, 1.82) is 5.26 Å². The number of fused-ring (bicyclic) bond motifs is 1. The van der Waals surface area contributed by atoms with Crippen molar-refractivity contribution in [3.05, 3.63) is 58.3 Å². The number of nitrogens with zero attached hydrogens (tertiary/aromatic N) is 3. The van der Waals surface area contributed by atoms with Gasteiger partial charge in [-0.3, -0.25) is 9.36 Å². The molecule has 2 N–H and O–H groups in total. The third-order valence-corrected chi connectivity index (χ3v) is 6.80. The number of benzene rings is 2. The molecule has 2 heterocycles. The summed E-state index contributed by atoms with van der Waals surface area (Å²) >= 11 is 0. The second kappa shape index (κ2) is 13.0. The molecule has 1 aliphatic heterocycles. The van der Waals surface area contributed by atoms with Crippen LogP contribution in [-0.2, 0) is 27.2 Å². The standard InChI is InChI=1S/C28H34FN5O5/c1-33(2)10-11-34-24-14-19(6-7-25(24)39-28(34)36)18-4-5-20(23(29)13-18)12-21(15-30)32-27(35)26-16-31-9-8-22(37-3)17-38-26/h4-7,13-14,21-22,26,31H,8-12,16-17H2,1-3H3,(H,32,35). The molecule has 0 saturated carbocycles. The topological polar surface area (TPSA) is 122 Å². The number of nitriles is 1. The van der Waals surface area contributed by atoms with E-state index < -0.39 is 29.6 Å². The smallest absolute Gasteiger partial charge is 0.408 e. The Kier molecular flexibility index (Phi) is 9.48. The number of aromatic nitrogens is 1. The van der Waals surface area contributed by atoms with E-state index in [1.807, 2.05) is 25.1 Å². The predicted molar refractivity (Wildman–Crippen MR) is 144 cm³/mol. The van der Waals surface area contributed by atoms with Crippen LogP contribution in [0.5, 0.6) is 0 Å². The van der Waals surface area contributed by atoms with Crippen molar-refractivity contribution in [3.63, 3.8) is 0 Å². The molecule has 1 aromatic heterocycles. The first kappa shape index (κ1) is 28.4. The second-order valence-electron chi connectivity index (χ2n) is 9.88. The summed E-state index contributed by atoms with van der Waals surface area (Å²) in [6.07, 6.45) is -0.126. The van der Waals surface area contributed by atoms with Gasteiger partial charge in [0.2, 0.25) is 0 Å². The van der Waals surface area contributed by atoms with E-state index in [1.165, 1.54) is 6.07 Å². The normalized spacial score (nSPS) is 18.9. The SMILES string of the molecule is COC1CCNCC(C(=O)NC(C#N)Cc2ccc(-c3ccc4oc(=O)n(CCN(C)C)c4c3)cc2F)OC1. The van der Waals surface area contributed by atoms with E-state index in [2.05, 4.69) is 10.6 Å². The Labute approximate surface area is 226 Å². The largest absolute Gasteiger partial charge is 0.419 e. The van der Waals surface area contributed by atoms with Crippen LogP contribution >= 0.6 is 0 Å². The van der Waals surface area contributed by atoms with Gasteiger partial charge in [0, 0.05) is 33.2 Å². The summed E-state index contributed by atoms with van der Waals surface area (Å²) in [5.74, 6) is -1.36. The van der Waals surface area contributed by atoms with E-state index in [0.29, 0.717) is 48.4 Å². The minimum Gasteiger partial charge on any atom is -0.408 e. The summed E-state index contributed by atoms with van der Waals surface area (Å²) in [6, 6.07) is 11.1. The van der Waals surface area contributed by atoms with Gasteiger partial charge < -0.3 is 29.4 Å². The number of halogens is 1. The van der Waals surface area contributed by atoms with Crippen molar-refractivity contribution >= 4 is 17.0 Å². The number of nitrogens with one attached hydrogen (secondary N) is 2. The lowest BCUT2D eigenvalue weighted by Crippen LogP contribution is -2.49. The quantitative estimate of drug-likeness (QED) is 0.423. The van der Waals surface area contributed by atoms with Crippen molar-refractivity contribution in [2.75, 3.05) is 47.4 Å². The predicted octanol–water partition coefficient (Wildman–Crippen LogP) is 1.91. The molecule has 1 saturated heterocycles. The van der Waals surface area contributed by atoms with Crippen LogP contribution in [0.25, 0.3) is 22.2 Å². The first-order valence-corrected chi connectivity index (χ1v) is 12.9.